The zero-order chi connectivity index (χ0) is 31.6. The van der Waals surface area contributed by atoms with Crippen molar-refractivity contribution >= 4 is 22.8 Å². The van der Waals surface area contributed by atoms with Crippen molar-refractivity contribution in [2.75, 3.05) is 32.8 Å². The van der Waals surface area contributed by atoms with Crippen LogP contribution in [0.2, 0.25) is 0 Å². The maximum Gasteiger partial charge on any atom is 0.309 e. The molecule has 4 aromatic rings. The first-order valence-electron chi connectivity index (χ1n) is 15.4. The SMILES string of the molecule is O=C(OCCCCNC[C@H](O)c1ccc(O)c2[nH]c(=O)ccc12)C1CCN(C(=O)c2cccc(COc3ccccc3)c2)CC1. The number of aromatic hydroxyl groups is 1. The molecule has 4 N–H and O–H groups in total. The van der Waals surface area contributed by atoms with Crippen LogP contribution < -0.4 is 15.6 Å². The molecule has 0 saturated carbocycles. The lowest BCUT2D eigenvalue weighted by Crippen LogP contribution is -2.40. The second kappa shape index (κ2) is 15.4. The van der Waals surface area contributed by atoms with Crippen molar-refractivity contribution in [2.24, 2.45) is 5.92 Å². The van der Waals surface area contributed by atoms with E-state index in [9.17, 15) is 24.6 Å². The molecule has 10 nitrogen and oxygen atoms in total. The maximum absolute atomic E-state index is 13.1. The van der Waals surface area contributed by atoms with E-state index in [-0.39, 0.29) is 29.1 Å². The lowest BCUT2D eigenvalue weighted by molar-refractivity contribution is -0.150. The lowest BCUT2D eigenvalue weighted by Gasteiger charge is -2.31. The molecule has 0 aliphatic carbocycles. The molecule has 1 aliphatic rings. The number of phenols is 1. The second-order valence-corrected chi connectivity index (χ2v) is 11.2. The van der Waals surface area contributed by atoms with E-state index < -0.39 is 6.10 Å². The van der Waals surface area contributed by atoms with Gasteiger partial charge in [0.1, 0.15) is 18.1 Å². The molecule has 1 atom stereocenters. The number of amides is 1. The molecule has 45 heavy (non-hydrogen) atoms. The predicted octanol–water partition coefficient (Wildman–Crippen LogP) is 4.31. The van der Waals surface area contributed by atoms with Crippen LogP contribution >= 0.6 is 0 Å². The lowest BCUT2D eigenvalue weighted by atomic mass is 9.96. The number of phenolic OH excluding ortho intramolecular Hbond substituents is 1. The number of piperidine rings is 1. The number of rotatable bonds is 13. The Morgan fingerprint density at radius 2 is 1.78 bits per heavy atom. The van der Waals surface area contributed by atoms with Gasteiger partial charge in [-0.2, -0.15) is 0 Å². The highest BCUT2D eigenvalue weighted by atomic mass is 16.5. The van der Waals surface area contributed by atoms with Crippen LogP contribution in [0.15, 0.2) is 83.7 Å². The molecule has 1 amide bonds. The Labute approximate surface area is 261 Å². The molecular formula is C35H39N3O7. The summed E-state index contributed by atoms with van der Waals surface area (Å²) in [5.74, 6) is 0.240. The number of pyridine rings is 1. The van der Waals surface area contributed by atoms with E-state index in [1.54, 1.807) is 17.0 Å². The summed E-state index contributed by atoms with van der Waals surface area (Å²) in [5.41, 5.74) is 2.11. The molecule has 10 heteroatoms. The van der Waals surface area contributed by atoms with E-state index >= 15 is 0 Å². The number of fused-ring (bicyclic) bond motifs is 1. The highest BCUT2D eigenvalue weighted by Gasteiger charge is 2.29. The molecule has 3 aromatic carbocycles. The summed E-state index contributed by atoms with van der Waals surface area (Å²) < 4.78 is 11.3. The van der Waals surface area contributed by atoms with Gasteiger partial charge in [-0.05, 0) is 79.8 Å². The van der Waals surface area contributed by atoms with Crippen LogP contribution in [0.5, 0.6) is 11.5 Å². The topological polar surface area (TPSA) is 141 Å². The molecule has 236 valence electrons. The van der Waals surface area contributed by atoms with Crippen LogP contribution in [0.1, 0.15) is 53.3 Å². The minimum Gasteiger partial charge on any atom is -0.506 e. The van der Waals surface area contributed by atoms with Gasteiger partial charge in [-0.1, -0.05) is 36.4 Å². The minimum absolute atomic E-state index is 0.0467. The monoisotopic (exact) mass is 613 g/mol. The van der Waals surface area contributed by atoms with E-state index in [0.717, 1.165) is 17.7 Å². The Hall–Kier alpha value is -4.67. The normalized spacial score (nSPS) is 14.3. The smallest absolute Gasteiger partial charge is 0.309 e. The van der Waals surface area contributed by atoms with E-state index in [1.165, 1.54) is 12.1 Å². The molecule has 1 fully saturated rings. The number of para-hydroxylation sites is 1. The Morgan fingerprint density at radius 1 is 0.978 bits per heavy atom. The van der Waals surface area contributed by atoms with E-state index in [0.29, 0.717) is 80.7 Å². The number of likely N-dealkylation sites (tertiary alicyclic amines) is 1. The highest BCUT2D eigenvalue weighted by Crippen LogP contribution is 2.28. The molecule has 0 spiro atoms. The third-order valence-electron chi connectivity index (χ3n) is 8.03. The van der Waals surface area contributed by atoms with Crippen LogP contribution in [0.4, 0.5) is 0 Å². The number of hydrogen-bond donors (Lipinski definition) is 4. The summed E-state index contributed by atoms with van der Waals surface area (Å²) in [5, 5.41) is 24.5. The number of benzene rings is 3. The van der Waals surface area contributed by atoms with Crippen LogP contribution in [0.3, 0.4) is 0 Å². The maximum atomic E-state index is 13.1. The van der Waals surface area contributed by atoms with Crippen molar-refractivity contribution in [2.45, 2.75) is 38.4 Å². The summed E-state index contributed by atoms with van der Waals surface area (Å²) in [4.78, 5) is 41.8. The highest BCUT2D eigenvalue weighted by molar-refractivity contribution is 5.94. The van der Waals surface area contributed by atoms with Crippen LogP contribution in [0, 0.1) is 5.92 Å². The van der Waals surface area contributed by atoms with Gasteiger partial charge >= 0.3 is 5.97 Å². The van der Waals surface area contributed by atoms with Gasteiger partial charge in [0.05, 0.1) is 24.1 Å². The van der Waals surface area contributed by atoms with Gasteiger partial charge in [0.2, 0.25) is 5.56 Å². The first kappa shape index (κ1) is 31.7. The van der Waals surface area contributed by atoms with Gasteiger partial charge in [-0.15, -0.1) is 0 Å². The number of aliphatic hydroxyl groups excluding tert-OH is 1. The fourth-order valence-electron chi connectivity index (χ4n) is 5.52. The van der Waals surface area contributed by atoms with Gasteiger partial charge in [0, 0.05) is 36.7 Å². The van der Waals surface area contributed by atoms with Crippen LogP contribution in [-0.4, -0.2) is 64.8 Å². The third kappa shape index (κ3) is 8.49. The number of esters is 1. The Balaban J connectivity index is 0.972. The Morgan fingerprint density at radius 3 is 2.58 bits per heavy atom. The number of carbonyl (C=O) groups excluding carboxylic acids is 2. The van der Waals surface area contributed by atoms with Gasteiger partial charge in [-0.3, -0.25) is 14.4 Å². The number of nitrogens with one attached hydrogen (secondary N) is 2. The number of unbranched alkanes of at least 4 members (excludes halogenated alkanes) is 1. The largest absolute Gasteiger partial charge is 0.506 e. The minimum atomic E-state index is -0.827. The fourth-order valence-corrected chi connectivity index (χ4v) is 5.52. The average molecular weight is 614 g/mol. The molecule has 0 radical (unpaired) electrons. The number of aromatic nitrogens is 1. The number of hydrogen-bond acceptors (Lipinski definition) is 8. The first-order valence-corrected chi connectivity index (χ1v) is 15.4. The summed E-state index contributed by atoms with van der Waals surface area (Å²) in [7, 11) is 0. The molecule has 1 aliphatic heterocycles. The molecule has 2 heterocycles. The molecule has 0 unspecified atom stereocenters. The van der Waals surface area contributed by atoms with E-state index in [4.69, 9.17) is 9.47 Å². The van der Waals surface area contributed by atoms with E-state index in [1.807, 2.05) is 54.6 Å². The summed E-state index contributed by atoms with van der Waals surface area (Å²) in [6.45, 7) is 2.61. The zero-order valence-corrected chi connectivity index (χ0v) is 25.1. The number of aliphatic hydroxyl groups is 1. The second-order valence-electron chi connectivity index (χ2n) is 11.2. The van der Waals surface area contributed by atoms with Gasteiger partial charge in [0.15, 0.2) is 0 Å². The van der Waals surface area contributed by atoms with Crippen molar-refractivity contribution in [1.82, 2.24) is 15.2 Å². The van der Waals surface area contributed by atoms with Gasteiger partial charge in [-0.25, -0.2) is 0 Å². The molecule has 5 rings (SSSR count). The van der Waals surface area contributed by atoms with Crippen molar-refractivity contribution in [3.8, 4) is 11.5 Å². The fraction of sp³-hybridized carbons (Fsp3) is 0.343. The number of carbonyl (C=O) groups is 2. The Bertz CT molecular complexity index is 1650. The number of ether oxygens (including phenoxy) is 2. The first-order chi connectivity index (χ1) is 21.9. The van der Waals surface area contributed by atoms with Gasteiger partial charge in [0.25, 0.3) is 5.91 Å². The summed E-state index contributed by atoms with van der Waals surface area (Å²) >= 11 is 0. The van der Waals surface area contributed by atoms with Crippen LogP contribution in [-0.2, 0) is 16.1 Å². The Kier molecular flexibility index (Phi) is 10.8. The van der Waals surface area contributed by atoms with Crippen molar-refractivity contribution in [3.05, 3.63) is 106 Å². The van der Waals surface area contributed by atoms with Crippen molar-refractivity contribution in [3.63, 3.8) is 0 Å². The quantitative estimate of drug-likeness (QED) is 0.129. The summed E-state index contributed by atoms with van der Waals surface area (Å²) in [6, 6.07) is 23.1. The average Bonchev–Trinajstić information content (AvgIpc) is 3.07. The predicted molar refractivity (Wildman–Crippen MR) is 170 cm³/mol. The van der Waals surface area contributed by atoms with Crippen molar-refractivity contribution < 1.29 is 29.3 Å². The number of nitrogens with zero attached hydrogens (tertiary/aromatic N) is 1. The standard InChI is InChI=1S/C35H39N3O7/c39-30-13-11-28(29-12-14-32(41)37-33(29)30)31(40)22-36-17-4-5-20-44-35(43)25-15-18-38(19-16-25)34(42)26-8-6-7-24(21-26)23-45-27-9-2-1-3-10-27/h1-3,6-14,21,25,31,36,39-40H,4-5,15-20,22-23H2,(H,37,41)/t31-/m0/s1. The van der Waals surface area contributed by atoms with E-state index in [2.05, 4.69) is 10.3 Å². The number of aromatic amines is 1. The van der Waals surface area contributed by atoms with Gasteiger partial charge < -0.3 is 34.9 Å². The number of H-pyrrole nitrogens is 1. The molecular weight excluding hydrogens is 574 g/mol. The molecule has 1 aromatic heterocycles. The van der Waals surface area contributed by atoms with Crippen LogP contribution in [0.25, 0.3) is 10.9 Å². The molecule has 1 saturated heterocycles. The summed E-state index contributed by atoms with van der Waals surface area (Å²) in [6.07, 6.45) is 1.75. The zero-order valence-electron chi connectivity index (χ0n) is 25.1. The van der Waals surface area contributed by atoms with Crippen molar-refractivity contribution in [1.29, 1.82) is 0 Å². The molecule has 0 bridgehead atoms. The third-order valence-corrected chi connectivity index (χ3v) is 8.03.